The van der Waals surface area contributed by atoms with Crippen LogP contribution in [0.5, 0.6) is 0 Å². The van der Waals surface area contributed by atoms with E-state index >= 15 is 0 Å². The molecular formula is C15H23N3O. The summed E-state index contributed by atoms with van der Waals surface area (Å²) in [6, 6.07) is 7.85. The smallest absolute Gasteiger partial charge is 0.265 e. The number of carbonyl (C=O) groups excluding carboxylic acids is 1. The van der Waals surface area contributed by atoms with Gasteiger partial charge in [0.15, 0.2) is 0 Å². The van der Waals surface area contributed by atoms with Gasteiger partial charge < -0.3 is 5.32 Å². The van der Waals surface area contributed by atoms with Crippen LogP contribution in [0.2, 0.25) is 0 Å². The third kappa shape index (κ3) is 4.04. The molecule has 0 atom stereocenters. The molecule has 1 aromatic carbocycles. The van der Waals surface area contributed by atoms with Gasteiger partial charge in [-0.2, -0.15) is 0 Å². The fourth-order valence-corrected chi connectivity index (χ4v) is 2.43. The van der Waals surface area contributed by atoms with Gasteiger partial charge in [0.2, 0.25) is 0 Å². The lowest BCUT2D eigenvalue weighted by Gasteiger charge is -2.27. The molecule has 0 spiro atoms. The van der Waals surface area contributed by atoms with Gasteiger partial charge in [0.1, 0.15) is 0 Å². The van der Waals surface area contributed by atoms with Crippen molar-refractivity contribution in [3.8, 4) is 0 Å². The number of nitrogens with zero attached hydrogens (tertiary/aromatic N) is 1. The molecule has 0 radical (unpaired) electrons. The summed E-state index contributed by atoms with van der Waals surface area (Å²) in [6.45, 7) is 2.81. The molecule has 1 fully saturated rings. The van der Waals surface area contributed by atoms with Crippen LogP contribution in [0.3, 0.4) is 0 Å². The normalized spacial score (nSPS) is 16.3. The van der Waals surface area contributed by atoms with Crippen molar-refractivity contribution in [1.29, 1.82) is 0 Å². The van der Waals surface area contributed by atoms with Crippen LogP contribution in [-0.2, 0) is 6.42 Å². The summed E-state index contributed by atoms with van der Waals surface area (Å²) in [5, 5.41) is 5.16. The molecule has 2 rings (SSSR count). The third-order valence-corrected chi connectivity index (χ3v) is 3.52. The first-order valence-electron chi connectivity index (χ1n) is 7.09. The van der Waals surface area contributed by atoms with E-state index in [0.29, 0.717) is 0 Å². The minimum Gasteiger partial charge on any atom is -0.319 e. The Morgan fingerprint density at radius 1 is 1.21 bits per heavy atom. The molecule has 19 heavy (non-hydrogen) atoms. The molecular weight excluding hydrogens is 238 g/mol. The predicted octanol–water partition coefficient (Wildman–Crippen LogP) is 1.58. The SMILES string of the molecule is CNCCc1ccccc1C(=O)NN1CCCCC1. The van der Waals surface area contributed by atoms with E-state index in [4.69, 9.17) is 0 Å². The number of amides is 1. The molecule has 1 saturated heterocycles. The Balaban J connectivity index is 2.00. The summed E-state index contributed by atoms with van der Waals surface area (Å²) >= 11 is 0. The molecule has 0 saturated carbocycles. The van der Waals surface area contributed by atoms with Crippen molar-refractivity contribution in [3.63, 3.8) is 0 Å². The van der Waals surface area contributed by atoms with Crippen LogP contribution in [-0.4, -0.2) is 37.6 Å². The van der Waals surface area contributed by atoms with Crippen molar-refractivity contribution in [2.24, 2.45) is 0 Å². The molecule has 1 aliphatic rings. The molecule has 0 unspecified atom stereocenters. The van der Waals surface area contributed by atoms with Gasteiger partial charge in [-0.05, 0) is 44.5 Å². The van der Waals surface area contributed by atoms with E-state index in [-0.39, 0.29) is 5.91 Å². The molecule has 0 aromatic heterocycles. The van der Waals surface area contributed by atoms with Crippen molar-refractivity contribution in [2.75, 3.05) is 26.7 Å². The Morgan fingerprint density at radius 2 is 1.95 bits per heavy atom. The highest BCUT2D eigenvalue weighted by Crippen LogP contribution is 2.11. The fraction of sp³-hybridized carbons (Fsp3) is 0.533. The first-order chi connectivity index (χ1) is 9.31. The standard InChI is InChI=1S/C15H23N3O/c1-16-10-9-13-7-3-4-8-14(13)15(19)17-18-11-5-2-6-12-18/h3-4,7-8,16H,2,5-6,9-12H2,1H3,(H,17,19). The zero-order valence-corrected chi connectivity index (χ0v) is 11.6. The highest BCUT2D eigenvalue weighted by Gasteiger charge is 2.15. The molecule has 0 bridgehead atoms. The maximum Gasteiger partial charge on any atom is 0.265 e. The zero-order valence-electron chi connectivity index (χ0n) is 11.6. The molecule has 4 heteroatoms. The van der Waals surface area contributed by atoms with E-state index in [1.807, 2.05) is 36.3 Å². The first kappa shape index (κ1) is 14.0. The highest BCUT2D eigenvalue weighted by molar-refractivity contribution is 5.95. The van der Waals surface area contributed by atoms with Crippen LogP contribution >= 0.6 is 0 Å². The second kappa shape index (κ2) is 7.26. The van der Waals surface area contributed by atoms with Crippen molar-refractivity contribution in [1.82, 2.24) is 15.8 Å². The molecule has 4 nitrogen and oxygen atoms in total. The van der Waals surface area contributed by atoms with Crippen molar-refractivity contribution >= 4 is 5.91 Å². The summed E-state index contributed by atoms with van der Waals surface area (Å²) in [5.41, 5.74) is 4.92. The number of likely N-dealkylation sites (N-methyl/N-ethyl adjacent to an activating group) is 1. The maximum absolute atomic E-state index is 12.3. The number of hydrogen-bond donors (Lipinski definition) is 2. The Bertz CT molecular complexity index is 414. The molecule has 1 aromatic rings. The highest BCUT2D eigenvalue weighted by atomic mass is 16.2. The summed E-state index contributed by atoms with van der Waals surface area (Å²) < 4.78 is 0. The monoisotopic (exact) mass is 261 g/mol. The molecule has 1 aliphatic heterocycles. The number of carbonyl (C=O) groups is 1. The van der Waals surface area contributed by atoms with Gasteiger partial charge in [-0.3, -0.25) is 10.2 Å². The average Bonchev–Trinajstić information content (AvgIpc) is 2.46. The quantitative estimate of drug-likeness (QED) is 0.846. The summed E-state index contributed by atoms with van der Waals surface area (Å²) in [5.74, 6) is 0.0219. The van der Waals surface area contributed by atoms with Gasteiger partial charge in [-0.1, -0.05) is 24.6 Å². The third-order valence-electron chi connectivity index (χ3n) is 3.52. The second-order valence-electron chi connectivity index (χ2n) is 5.00. The Labute approximate surface area is 115 Å². The van der Waals surface area contributed by atoms with Gasteiger partial charge in [0.05, 0.1) is 0 Å². The molecule has 1 heterocycles. The minimum absolute atomic E-state index is 0.0219. The van der Waals surface area contributed by atoms with Gasteiger partial charge in [0.25, 0.3) is 5.91 Å². The van der Waals surface area contributed by atoms with Crippen LogP contribution in [0.4, 0.5) is 0 Å². The second-order valence-corrected chi connectivity index (χ2v) is 5.00. The van der Waals surface area contributed by atoms with E-state index in [0.717, 1.165) is 37.2 Å². The van der Waals surface area contributed by atoms with Crippen LogP contribution in [0, 0.1) is 0 Å². The lowest BCUT2D eigenvalue weighted by atomic mass is 10.0. The topological polar surface area (TPSA) is 44.4 Å². The number of hydrazine groups is 1. The average molecular weight is 261 g/mol. The first-order valence-corrected chi connectivity index (χ1v) is 7.09. The predicted molar refractivity (Wildman–Crippen MR) is 77.0 cm³/mol. The minimum atomic E-state index is 0.0219. The van der Waals surface area contributed by atoms with Crippen LogP contribution < -0.4 is 10.7 Å². The van der Waals surface area contributed by atoms with E-state index < -0.39 is 0 Å². The van der Waals surface area contributed by atoms with E-state index in [9.17, 15) is 4.79 Å². The van der Waals surface area contributed by atoms with Gasteiger partial charge in [0, 0.05) is 18.7 Å². The van der Waals surface area contributed by atoms with Crippen molar-refractivity contribution < 1.29 is 4.79 Å². The number of rotatable bonds is 5. The zero-order chi connectivity index (χ0) is 13.5. The lowest BCUT2D eigenvalue weighted by molar-refractivity contribution is 0.0749. The Kier molecular flexibility index (Phi) is 5.36. The molecule has 1 amide bonds. The number of nitrogens with one attached hydrogen (secondary N) is 2. The van der Waals surface area contributed by atoms with Crippen LogP contribution in [0.25, 0.3) is 0 Å². The molecule has 2 N–H and O–H groups in total. The van der Waals surface area contributed by atoms with E-state index in [2.05, 4.69) is 10.7 Å². The molecule has 104 valence electrons. The summed E-state index contributed by atoms with van der Waals surface area (Å²) in [7, 11) is 1.93. The van der Waals surface area contributed by atoms with Crippen LogP contribution in [0.1, 0.15) is 35.2 Å². The van der Waals surface area contributed by atoms with E-state index in [1.54, 1.807) is 0 Å². The van der Waals surface area contributed by atoms with Gasteiger partial charge in [-0.15, -0.1) is 0 Å². The van der Waals surface area contributed by atoms with Crippen LogP contribution in [0.15, 0.2) is 24.3 Å². The Morgan fingerprint density at radius 3 is 2.68 bits per heavy atom. The number of hydrogen-bond acceptors (Lipinski definition) is 3. The lowest BCUT2D eigenvalue weighted by Crippen LogP contribution is -2.45. The largest absolute Gasteiger partial charge is 0.319 e. The summed E-state index contributed by atoms with van der Waals surface area (Å²) in [6.07, 6.45) is 4.48. The Hall–Kier alpha value is -1.39. The van der Waals surface area contributed by atoms with Gasteiger partial charge >= 0.3 is 0 Å². The van der Waals surface area contributed by atoms with E-state index in [1.165, 1.54) is 19.3 Å². The number of benzene rings is 1. The van der Waals surface area contributed by atoms with Crippen molar-refractivity contribution in [2.45, 2.75) is 25.7 Å². The number of piperidine rings is 1. The molecule has 0 aliphatic carbocycles. The summed E-state index contributed by atoms with van der Waals surface area (Å²) in [4.78, 5) is 12.3. The van der Waals surface area contributed by atoms with Crippen molar-refractivity contribution in [3.05, 3.63) is 35.4 Å². The van der Waals surface area contributed by atoms with Gasteiger partial charge in [-0.25, -0.2) is 5.01 Å². The fourth-order valence-electron chi connectivity index (χ4n) is 2.43. The maximum atomic E-state index is 12.3.